The summed E-state index contributed by atoms with van der Waals surface area (Å²) in [7, 11) is 0. The van der Waals surface area contributed by atoms with E-state index in [-0.39, 0.29) is 18.0 Å². The minimum atomic E-state index is -1.08. The Hall–Kier alpha value is -2.05. The molecule has 1 heterocycles. The Morgan fingerprint density at radius 1 is 1.19 bits per heavy atom. The number of hydrogen-bond donors (Lipinski definition) is 3. The summed E-state index contributed by atoms with van der Waals surface area (Å²) in [6.45, 7) is 7.99. The number of carboxylic acid groups (broad SMARTS) is 1. The van der Waals surface area contributed by atoms with Gasteiger partial charge in [0, 0.05) is 28.0 Å². The lowest BCUT2D eigenvalue weighted by Gasteiger charge is -2.20. The lowest BCUT2D eigenvalue weighted by molar-refractivity contribution is -0.120. The zero-order valence-corrected chi connectivity index (χ0v) is 16.7. The third-order valence-electron chi connectivity index (χ3n) is 4.47. The number of aromatic carboxylic acids is 1. The number of aromatic nitrogens is 1. The molecule has 0 radical (unpaired) electrons. The molecule has 0 saturated carbocycles. The number of carbonyl (C=O) groups excluding carboxylic acids is 1. The van der Waals surface area contributed by atoms with Gasteiger partial charge in [0.15, 0.2) is 0 Å². The number of hydrogen-bond acceptors (Lipinski definition) is 3. The van der Waals surface area contributed by atoms with E-state index in [0.29, 0.717) is 28.0 Å². The first-order valence-corrected chi connectivity index (χ1v) is 9.86. The molecule has 0 fully saturated rings. The summed E-state index contributed by atoms with van der Waals surface area (Å²) < 4.78 is 0. The highest BCUT2D eigenvalue weighted by Crippen LogP contribution is 2.26. The number of H-pyrrole nitrogens is 1. The second kappa shape index (κ2) is 10.3. The summed E-state index contributed by atoms with van der Waals surface area (Å²) in [5.41, 5.74) is 1.17. The maximum absolute atomic E-state index is 12.3. The van der Waals surface area contributed by atoms with Crippen molar-refractivity contribution in [1.29, 1.82) is 0 Å². The molecular formula is C20H28ClN3O3. The molecule has 0 unspecified atom stereocenters. The van der Waals surface area contributed by atoms with Crippen LogP contribution in [0.25, 0.3) is 10.9 Å². The van der Waals surface area contributed by atoms with Gasteiger partial charge in [-0.1, -0.05) is 25.4 Å². The SMILES string of the molecule is CCCN(CCC)CCCNC(=O)Cc1c(C(=O)O)[nH]c2ccc(Cl)cc12. The van der Waals surface area contributed by atoms with Crippen molar-refractivity contribution in [3.05, 3.63) is 34.5 Å². The zero-order valence-electron chi connectivity index (χ0n) is 16.0. The van der Waals surface area contributed by atoms with Crippen LogP contribution in [0.5, 0.6) is 0 Å². The average molecular weight is 394 g/mol. The number of carboxylic acids is 1. The van der Waals surface area contributed by atoms with Crippen LogP contribution in [0.3, 0.4) is 0 Å². The van der Waals surface area contributed by atoms with Crippen LogP contribution >= 0.6 is 11.6 Å². The molecule has 7 heteroatoms. The second-order valence-corrected chi connectivity index (χ2v) is 7.13. The van der Waals surface area contributed by atoms with Crippen LogP contribution in [-0.2, 0) is 11.2 Å². The second-order valence-electron chi connectivity index (χ2n) is 6.70. The van der Waals surface area contributed by atoms with Crippen molar-refractivity contribution in [2.75, 3.05) is 26.2 Å². The van der Waals surface area contributed by atoms with Crippen molar-refractivity contribution >= 4 is 34.4 Å². The molecule has 0 saturated heterocycles. The number of fused-ring (bicyclic) bond motifs is 1. The summed E-state index contributed by atoms with van der Waals surface area (Å²) in [4.78, 5) is 29.1. The van der Waals surface area contributed by atoms with Gasteiger partial charge in [-0.3, -0.25) is 4.79 Å². The first-order valence-electron chi connectivity index (χ1n) is 9.48. The van der Waals surface area contributed by atoms with Gasteiger partial charge < -0.3 is 20.3 Å². The standard InChI is InChI=1S/C20H28ClN3O3/c1-3-9-24(10-4-2)11-5-8-22-18(25)13-16-15-12-14(21)6-7-17(15)23-19(16)20(26)27/h6-7,12,23H,3-5,8-11,13H2,1-2H3,(H,22,25)(H,26,27). The van der Waals surface area contributed by atoms with Gasteiger partial charge in [0.25, 0.3) is 0 Å². The minimum absolute atomic E-state index is 0.00953. The number of amides is 1. The molecule has 0 bridgehead atoms. The molecular weight excluding hydrogens is 366 g/mol. The zero-order chi connectivity index (χ0) is 19.8. The van der Waals surface area contributed by atoms with E-state index < -0.39 is 5.97 Å². The van der Waals surface area contributed by atoms with Crippen LogP contribution in [0, 0.1) is 0 Å². The molecule has 0 aliphatic heterocycles. The third-order valence-corrected chi connectivity index (χ3v) is 4.71. The quantitative estimate of drug-likeness (QED) is 0.508. The van der Waals surface area contributed by atoms with E-state index in [1.54, 1.807) is 18.2 Å². The van der Waals surface area contributed by atoms with E-state index in [1.807, 2.05) is 0 Å². The molecule has 0 atom stereocenters. The highest BCUT2D eigenvalue weighted by atomic mass is 35.5. The number of nitrogens with zero attached hydrogens (tertiary/aromatic N) is 1. The van der Waals surface area contributed by atoms with E-state index >= 15 is 0 Å². The van der Waals surface area contributed by atoms with Crippen molar-refractivity contribution in [2.45, 2.75) is 39.5 Å². The number of carbonyl (C=O) groups is 2. The monoisotopic (exact) mass is 393 g/mol. The molecule has 0 spiro atoms. The molecule has 2 aromatic rings. The Labute approximate surface area is 164 Å². The maximum atomic E-state index is 12.3. The highest BCUT2D eigenvalue weighted by Gasteiger charge is 2.19. The van der Waals surface area contributed by atoms with Gasteiger partial charge in [-0.2, -0.15) is 0 Å². The highest BCUT2D eigenvalue weighted by molar-refractivity contribution is 6.31. The van der Waals surface area contributed by atoms with Gasteiger partial charge >= 0.3 is 5.97 Å². The van der Waals surface area contributed by atoms with Gasteiger partial charge in [-0.15, -0.1) is 0 Å². The number of halogens is 1. The molecule has 1 amide bonds. The van der Waals surface area contributed by atoms with Crippen LogP contribution < -0.4 is 5.32 Å². The lowest BCUT2D eigenvalue weighted by Crippen LogP contribution is -2.31. The largest absolute Gasteiger partial charge is 0.477 e. The van der Waals surface area contributed by atoms with Gasteiger partial charge in [0.2, 0.25) is 5.91 Å². The summed E-state index contributed by atoms with van der Waals surface area (Å²) in [5.74, 6) is -1.27. The Balaban J connectivity index is 1.96. The summed E-state index contributed by atoms with van der Waals surface area (Å²) in [6, 6.07) is 5.10. The van der Waals surface area contributed by atoms with E-state index in [9.17, 15) is 14.7 Å². The molecule has 27 heavy (non-hydrogen) atoms. The van der Waals surface area contributed by atoms with Crippen molar-refractivity contribution < 1.29 is 14.7 Å². The smallest absolute Gasteiger partial charge is 0.352 e. The maximum Gasteiger partial charge on any atom is 0.352 e. The lowest BCUT2D eigenvalue weighted by atomic mass is 10.1. The van der Waals surface area contributed by atoms with E-state index in [2.05, 4.69) is 29.0 Å². The molecule has 0 aliphatic rings. The summed E-state index contributed by atoms with van der Waals surface area (Å²) >= 11 is 6.03. The molecule has 148 valence electrons. The fraction of sp³-hybridized carbons (Fsp3) is 0.500. The van der Waals surface area contributed by atoms with E-state index in [1.165, 1.54) is 0 Å². The fourth-order valence-electron chi connectivity index (χ4n) is 3.31. The topological polar surface area (TPSA) is 85.4 Å². The normalized spacial score (nSPS) is 11.3. The molecule has 3 N–H and O–H groups in total. The predicted octanol–water partition coefficient (Wildman–Crippen LogP) is 3.69. The number of benzene rings is 1. The van der Waals surface area contributed by atoms with Crippen LogP contribution in [0.4, 0.5) is 0 Å². The van der Waals surface area contributed by atoms with Crippen LogP contribution in [-0.4, -0.2) is 53.0 Å². The van der Waals surface area contributed by atoms with Crippen LogP contribution in [0.2, 0.25) is 5.02 Å². The Bertz CT molecular complexity index is 782. The van der Waals surface area contributed by atoms with E-state index in [4.69, 9.17) is 11.6 Å². The van der Waals surface area contributed by atoms with Crippen LogP contribution in [0.15, 0.2) is 18.2 Å². The molecule has 0 aliphatic carbocycles. The third kappa shape index (κ3) is 5.97. The summed E-state index contributed by atoms with van der Waals surface area (Å²) in [6.07, 6.45) is 3.12. The van der Waals surface area contributed by atoms with Crippen molar-refractivity contribution in [3.8, 4) is 0 Å². The predicted molar refractivity (Wildman–Crippen MR) is 109 cm³/mol. The van der Waals surface area contributed by atoms with Gasteiger partial charge in [-0.05, 0) is 57.1 Å². The van der Waals surface area contributed by atoms with Crippen LogP contribution in [0.1, 0.15) is 49.2 Å². The fourth-order valence-corrected chi connectivity index (χ4v) is 3.48. The Morgan fingerprint density at radius 3 is 2.52 bits per heavy atom. The van der Waals surface area contributed by atoms with Gasteiger partial charge in [0.1, 0.15) is 5.69 Å². The number of rotatable bonds is 11. The number of aromatic amines is 1. The van der Waals surface area contributed by atoms with Gasteiger partial charge in [0.05, 0.1) is 6.42 Å². The Morgan fingerprint density at radius 2 is 1.89 bits per heavy atom. The van der Waals surface area contributed by atoms with Crippen molar-refractivity contribution in [3.63, 3.8) is 0 Å². The first-order chi connectivity index (χ1) is 13.0. The first kappa shape index (κ1) is 21.3. The molecule has 2 rings (SSSR count). The van der Waals surface area contributed by atoms with Gasteiger partial charge in [-0.25, -0.2) is 4.79 Å². The van der Waals surface area contributed by atoms with Crippen molar-refractivity contribution in [1.82, 2.24) is 15.2 Å². The van der Waals surface area contributed by atoms with E-state index in [0.717, 1.165) is 38.9 Å². The molecule has 1 aromatic heterocycles. The average Bonchev–Trinajstić information content (AvgIpc) is 2.97. The minimum Gasteiger partial charge on any atom is -0.477 e. The Kier molecular flexibility index (Phi) is 8.13. The van der Waals surface area contributed by atoms with Crippen molar-refractivity contribution in [2.24, 2.45) is 0 Å². The summed E-state index contributed by atoms with van der Waals surface area (Å²) in [5, 5.41) is 13.5. The molecule has 6 nitrogen and oxygen atoms in total. The number of nitrogens with one attached hydrogen (secondary N) is 2. The molecule has 1 aromatic carbocycles.